The molecule has 0 aliphatic heterocycles. The molecule has 0 heterocycles. The summed E-state index contributed by atoms with van der Waals surface area (Å²) in [7, 11) is -2.55. The van der Waals surface area contributed by atoms with E-state index in [0.29, 0.717) is 0 Å². The molecule has 218 valence electrons. The summed E-state index contributed by atoms with van der Waals surface area (Å²) in [6.07, 6.45) is 10.0. The van der Waals surface area contributed by atoms with Crippen LogP contribution in [0.1, 0.15) is 88.3 Å². The van der Waals surface area contributed by atoms with Crippen LogP contribution in [-0.2, 0) is 59.0 Å². The van der Waals surface area contributed by atoms with E-state index in [9.17, 15) is 0 Å². The first kappa shape index (κ1) is 38.0. The van der Waals surface area contributed by atoms with Crippen molar-refractivity contribution in [2.75, 3.05) is 0 Å². The Bertz CT molecular complexity index is 1190. The summed E-state index contributed by atoms with van der Waals surface area (Å²) in [6.45, 7) is 16.2. The van der Waals surface area contributed by atoms with Crippen LogP contribution in [0.4, 0.5) is 0 Å². The van der Waals surface area contributed by atoms with Gasteiger partial charge in [0.2, 0.25) is 0 Å². The maximum atomic E-state index is 2.59. The Balaban J connectivity index is 0.00000280. The van der Waals surface area contributed by atoms with Crippen LogP contribution >= 0.6 is 0 Å². The molecule has 0 fully saturated rings. The van der Waals surface area contributed by atoms with Crippen molar-refractivity contribution in [1.82, 2.24) is 0 Å². The molecule has 0 radical (unpaired) electrons. The maximum Gasteiger partial charge on any atom is -1.00 e. The van der Waals surface area contributed by atoms with E-state index in [1.54, 1.807) is 20.8 Å². The van der Waals surface area contributed by atoms with Crippen molar-refractivity contribution in [3.63, 3.8) is 0 Å². The Morgan fingerprint density at radius 1 is 0.512 bits per heavy atom. The van der Waals surface area contributed by atoms with E-state index in [1.807, 2.05) is 0 Å². The molecule has 1 aliphatic rings. The van der Waals surface area contributed by atoms with Crippen LogP contribution in [0.3, 0.4) is 0 Å². The van der Waals surface area contributed by atoms with Gasteiger partial charge in [-0.1, -0.05) is 0 Å². The minimum atomic E-state index is -2.55. The minimum Gasteiger partial charge on any atom is -1.00 e. The van der Waals surface area contributed by atoms with Gasteiger partial charge >= 0.3 is 246 Å². The molecule has 3 aromatic rings. The molecule has 41 heavy (non-hydrogen) atoms. The quantitative estimate of drug-likeness (QED) is 0.179. The van der Waals surface area contributed by atoms with Gasteiger partial charge in [0.15, 0.2) is 0 Å². The molecular weight excluding hydrogens is 615 g/mol. The Hall–Kier alpha value is -1.06. The van der Waals surface area contributed by atoms with Crippen molar-refractivity contribution in [3.8, 4) is 0 Å². The third-order valence-electron chi connectivity index (χ3n) is 8.67. The average molecular weight is 660 g/mol. The molecule has 0 bridgehead atoms. The molecule has 1 aliphatic carbocycles. The number of halogens is 3. The number of hydrogen-bond acceptors (Lipinski definition) is 0. The van der Waals surface area contributed by atoms with Crippen LogP contribution in [-0.4, -0.2) is 8.07 Å². The number of aryl methyl sites for hydroxylation is 6. The molecule has 0 nitrogen and oxygen atoms in total. The fourth-order valence-electron chi connectivity index (χ4n) is 6.22. The number of allylic oxidation sites excluding steroid dienone is 4. The Morgan fingerprint density at radius 3 is 0.976 bits per heavy atom. The Labute approximate surface area is 281 Å². The molecule has 0 amide bonds. The third-order valence-corrected chi connectivity index (χ3v) is 15.0. The van der Waals surface area contributed by atoms with E-state index in [4.69, 9.17) is 0 Å². The van der Waals surface area contributed by atoms with Gasteiger partial charge in [0, 0.05) is 0 Å². The SMILES string of the molecule is CCc1cc(CC)cc([Si](C2=[C]([Ti+3])C(C)=CC2)(c2cc(CC)cc(CC)c2)c2cc(CC)cc(CC)c2)c1.[Cl-].[Cl-].[Cl-]. The Morgan fingerprint density at radius 2 is 0.780 bits per heavy atom. The first-order chi connectivity index (χ1) is 18.3. The zero-order valence-electron chi connectivity index (χ0n) is 25.9. The predicted octanol–water partition coefficient (Wildman–Crippen LogP) is -1.77. The van der Waals surface area contributed by atoms with Crippen LogP contribution < -0.4 is 52.8 Å². The van der Waals surface area contributed by atoms with E-state index < -0.39 is 8.07 Å². The Kier molecular flexibility index (Phi) is 15.5. The molecule has 0 atom stereocenters. The topological polar surface area (TPSA) is 0 Å². The normalized spacial score (nSPS) is 12.9. The first-order valence-electron chi connectivity index (χ1n) is 14.9. The van der Waals surface area contributed by atoms with E-state index in [2.05, 4.69) is 130 Å². The number of hydrogen-bond donors (Lipinski definition) is 0. The van der Waals surface area contributed by atoms with Crippen LogP contribution in [0.5, 0.6) is 0 Å². The summed E-state index contributed by atoms with van der Waals surface area (Å²) in [4.78, 5) is 0. The van der Waals surface area contributed by atoms with Gasteiger partial charge in [-0.3, -0.25) is 0 Å². The van der Waals surface area contributed by atoms with Crippen molar-refractivity contribution >= 4 is 23.6 Å². The zero-order chi connectivity index (χ0) is 27.4. The van der Waals surface area contributed by atoms with E-state index in [1.165, 1.54) is 42.8 Å². The van der Waals surface area contributed by atoms with Crippen LogP contribution in [0.2, 0.25) is 0 Å². The van der Waals surface area contributed by atoms with Gasteiger partial charge in [-0.25, -0.2) is 0 Å². The van der Waals surface area contributed by atoms with Gasteiger partial charge < -0.3 is 37.2 Å². The second-order valence-corrected chi connectivity index (χ2v) is 15.5. The smallest absolute Gasteiger partial charge is 1.00 e. The minimum absolute atomic E-state index is 0. The molecule has 4 rings (SSSR count). The molecule has 0 saturated carbocycles. The molecule has 0 N–H and O–H groups in total. The van der Waals surface area contributed by atoms with Gasteiger partial charge in [0.25, 0.3) is 0 Å². The average Bonchev–Trinajstić information content (AvgIpc) is 3.30. The molecular formula is C36H45Cl3SiTi. The van der Waals surface area contributed by atoms with E-state index in [0.717, 1.165) is 44.9 Å². The summed E-state index contributed by atoms with van der Waals surface area (Å²) in [5, 5.41) is 6.43. The fourth-order valence-corrected chi connectivity index (χ4v) is 12.9. The molecule has 0 saturated heterocycles. The monoisotopic (exact) mass is 658 g/mol. The van der Waals surface area contributed by atoms with Crippen molar-refractivity contribution in [2.45, 2.75) is 93.4 Å². The second kappa shape index (κ2) is 16.7. The van der Waals surface area contributed by atoms with Gasteiger partial charge in [0.05, 0.1) is 0 Å². The van der Waals surface area contributed by atoms with E-state index in [-0.39, 0.29) is 37.2 Å². The van der Waals surface area contributed by atoms with Gasteiger partial charge in [0.1, 0.15) is 0 Å². The van der Waals surface area contributed by atoms with Crippen LogP contribution in [0.15, 0.2) is 75.3 Å². The summed E-state index contributed by atoms with van der Waals surface area (Å²) in [6, 6.07) is 22.9. The van der Waals surface area contributed by atoms with Gasteiger partial charge in [-0.15, -0.1) is 0 Å². The van der Waals surface area contributed by atoms with Crippen molar-refractivity contribution in [2.24, 2.45) is 0 Å². The van der Waals surface area contributed by atoms with E-state index >= 15 is 0 Å². The molecule has 0 unspecified atom stereocenters. The largest absolute Gasteiger partial charge is 1.00 e. The summed E-state index contributed by atoms with van der Waals surface area (Å²) >= 11 is 2.40. The molecule has 0 aromatic heterocycles. The van der Waals surface area contributed by atoms with Gasteiger partial charge in [-0.05, 0) is 0 Å². The predicted molar refractivity (Wildman–Crippen MR) is 166 cm³/mol. The second-order valence-electron chi connectivity index (χ2n) is 10.9. The summed E-state index contributed by atoms with van der Waals surface area (Å²) < 4.78 is 1.52. The number of rotatable bonds is 10. The zero-order valence-corrected chi connectivity index (χ0v) is 30.7. The standard InChI is InChI=1S/C36H45Si.3ClH.Ti/c1-8-27-17-28(9-2)21-34(20-27)37(33-15-14-26(7)16-33,35-22-29(10-3)18-30(11-4)23-35)36-24-31(12-5)19-32(13-6)25-36;;;;/h14,17-25H,8-13,15H2,1-7H3;3*1H;/q;;;;+3/p-3. The molecule has 3 aromatic carbocycles. The number of benzene rings is 3. The van der Waals surface area contributed by atoms with Crippen LogP contribution in [0, 0.1) is 0 Å². The van der Waals surface area contributed by atoms with Crippen molar-refractivity contribution in [3.05, 3.63) is 109 Å². The summed E-state index contributed by atoms with van der Waals surface area (Å²) in [5.41, 5.74) is 10.3. The third kappa shape index (κ3) is 7.54. The van der Waals surface area contributed by atoms with Crippen molar-refractivity contribution in [1.29, 1.82) is 0 Å². The summed E-state index contributed by atoms with van der Waals surface area (Å²) in [5.74, 6) is 0. The van der Waals surface area contributed by atoms with Gasteiger partial charge in [-0.2, -0.15) is 0 Å². The van der Waals surface area contributed by atoms with Crippen LogP contribution in [0.25, 0.3) is 0 Å². The first-order valence-corrected chi connectivity index (χ1v) is 17.6. The molecule has 5 heteroatoms. The fraction of sp³-hybridized carbons (Fsp3) is 0.389. The molecule has 0 spiro atoms. The maximum absolute atomic E-state index is 2.59. The van der Waals surface area contributed by atoms with Crippen molar-refractivity contribution < 1.29 is 57.7 Å².